The second-order valence-corrected chi connectivity index (χ2v) is 7.34. The number of hydrogen-bond donors (Lipinski definition) is 1. The number of aryl methyl sites for hydroxylation is 2. The lowest BCUT2D eigenvalue weighted by Crippen LogP contribution is -2.31. The van der Waals surface area contributed by atoms with Crippen LogP contribution < -0.4 is 5.32 Å². The lowest BCUT2D eigenvalue weighted by atomic mass is 10.1. The zero-order chi connectivity index (χ0) is 16.2. The van der Waals surface area contributed by atoms with Gasteiger partial charge in [-0.05, 0) is 43.9 Å². The lowest BCUT2D eigenvalue weighted by molar-refractivity contribution is 0.0943. The van der Waals surface area contributed by atoms with E-state index in [4.69, 9.17) is 0 Å². The van der Waals surface area contributed by atoms with Gasteiger partial charge in [-0.15, -0.1) is 11.3 Å². The Labute approximate surface area is 141 Å². The summed E-state index contributed by atoms with van der Waals surface area (Å²) < 4.78 is 0. The molecule has 1 N–H and O–H groups in total. The van der Waals surface area contributed by atoms with Gasteiger partial charge in [-0.3, -0.25) is 9.69 Å². The van der Waals surface area contributed by atoms with E-state index in [-0.39, 0.29) is 5.91 Å². The summed E-state index contributed by atoms with van der Waals surface area (Å²) in [4.78, 5) is 18.8. The molecule has 1 amide bonds. The van der Waals surface area contributed by atoms with Crippen LogP contribution in [0.5, 0.6) is 0 Å². The fourth-order valence-corrected chi connectivity index (χ4v) is 3.64. The van der Waals surface area contributed by atoms with Crippen molar-refractivity contribution in [3.63, 3.8) is 0 Å². The molecule has 1 aromatic heterocycles. The molecule has 0 bridgehead atoms. The van der Waals surface area contributed by atoms with Crippen molar-refractivity contribution in [2.75, 3.05) is 19.6 Å². The summed E-state index contributed by atoms with van der Waals surface area (Å²) in [6.07, 6.45) is 1.14. The van der Waals surface area contributed by atoms with E-state index in [9.17, 15) is 4.79 Å². The number of amides is 1. The van der Waals surface area contributed by atoms with E-state index in [1.807, 2.05) is 12.3 Å². The number of thiazole rings is 1. The molecule has 122 valence electrons. The minimum absolute atomic E-state index is 0.0493. The summed E-state index contributed by atoms with van der Waals surface area (Å²) in [5.41, 5.74) is 3.29. The van der Waals surface area contributed by atoms with Gasteiger partial charge in [-0.1, -0.05) is 24.3 Å². The Bertz CT molecular complexity index is 682. The summed E-state index contributed by atoms with van der Waals surface area (Å²) in [6, 6.07) is 8.56. The molecule has 1 aliphatic heterocycles. The molecule has 1 saturated heterocycles. The number of nitrogens with zero attached hydrogens (tertiary/aromatic N) is 2. The minimum atomic E-state index is -0.0493. The van der Waals surface area contributed by atoms with E-state index >= 15 is 0 Å². The van der Waals surface area contributed by atoms with Gasteiger partial charge in [-0.2, -0.15) is 0 Å². The molecule has 0 spiro atoms. The molecule has 3 rings (SSSR count). The molecule has 2 aromatic rings. The van der Waals surface area contributed by atoms with Crippen molar-refractivity contribution in [1.29, 1.82) is 0 Å². The highest BCUT2D eigenvalue weighted by Crippen LogP contribution is 2.19. The number of benzene rings is 1. The van der Waals surface area contributed by atoms with E-state index in [1.54, 1.807) is 0 Å². The van der Waals surface area contributed by atoms with Gasteiger partial charge in [0.1, 0.15) is 5.69 Å². The summed E-state index contributed by atoms with van der Waals surface area (Å²) in [5.74, 6) is 0.481. The van der Waals surface area contributed by atoms with Crippen molar-refractivity contribution in [3.8, 4) is 0 Å². The van der Waals surface area contributed by atoms with Gasteiger partial charge in [0.15, 0.2) is 0 Å². The van der Waals surface area contributed by atoms with Crippen LogP contribution in [0.2, 0.25) is 0 Å². The molecule has 1 aromatic carbocycles. The van der Waals surface area contributed by atoms with Gasteiger partial charge in [0.2, 0.25) is 0 Å². The predicted molar refractivity (Wildman–Crippen MR) is 93.7 cm³/mol. The number of rotatable bonds is 5. The second kappa shape index (κ2) is 7.23. The smallest absolute Gasteiger partial charge is 0.270 e. The third-order valence-corrected chi connectivity index (χ3v) is 5.20. The molecule has 4 nitrogen and oxygen atoms in total. The number of carbonyl (C=O) groups is 1. The van der Waals surface area contributed by atoms with Crippen LogP contribution in [-0.4, -0.2) is 35.4 Å². The largest absolute Gasteiger partial charge is 0.350 e. The normalized spacial score (nSPS) is 18.3. The van der Waals surface area contributed by atoms with Gasteiger partial charge >= 0.3 is 0 Å². The van der Waals surface area contributed by atoms with E-state index in [1.165, 1.54) is 22.5 Å². The SMILES string of the molecule is Cc1nc(C(=O)NC[C@@H]2CCN(Cc3ccccc3C)C2)cs1. The van der Waals surface area contributed by atoms with Crippen molar-refractivity contribution in [2.45, 2.75) is 26.8 Å². The predicted octanol–water partition coefficient (Wildman–Crippen LogP) is 3.01. The molecule has 5 heteroatoms. The van der Waals surface area contributed by atoms with Gasteiger partial charge in [0.25, 0.3) is 5.91 Å². The summed E-state index contributed by atoms with van der Waals surface area (Å²) in [7, 11) is 0. The summed E-state index contributed by atoms with van der Waals surface area (Å²) >= 11 is 1.51. The quantitative estimate of drug-likeness (QED) is 0.917. The maximum absolute atomic E-state index is 12.1. The zero-order valence-corrected chi connectivity index (χ0v) is 14.5. The van der Waals surface area contributed by atoms with Gasteiger partial charge in [-0.25, -0.2) is 4.98 Å². The third kappa shape index (κ3) is 4.18. The Morgan fingerprint density at radius 1 is 1.39 bits per heavy atom. The van der Waals surface area contributed by atoms with Crippen LogP contribution in [0.1, 0.15) is 33.0 Å². The average Bonchev–Trinajstić information content (AvgIpc) is 3.16. The number of likely N-dealkylation sites (tertiary alicyclic amines) is 1. The van der Waals surface area contributed by atoms with Crippen molar-refractivity contribution in [3.05, 3.63) is 51.5 Å². The van der Waals surface area contributed by atoms with Crippen LogP contribution in [0.3, 0.4) is 0 Å². The van der Waals surface area contributed by atoms with Crippen LogP contribution >= 0.6 is 11.3 Å². The fraction of sp³-hybridized carbons (Fsp3) is 0.444. The minimum Gasteiger partial charge on any atom is -0.350 e. The topological polar surface area (TPSA) is 45.2 Å². The van der Waals surface area contributed by atoms with E-state index < -0.39 is 0 Å². The van der Waals surface area contributed by atoms with Crippen LogP contribution in [0.15, 0.2) is 29.6 Å². The molecule has 1 fully saturated rings. The molecule has 0 radical (unpaired) electrons. The highest BCUT2D eigenvalue weighted by Gasteiger charge is 2.23. The first-order chi connectivity index (χ1) is 11.1. The highest BCUT2D eigenvalue weighted by molar-refractivity contribution is 7.09. The third-order valence-electron chi connectivity index (χ3n) is 4.43. The Hall–Kier alpha value is -1.72. The van der Waals surface area contributed by atoms with Crippen molar-refractivity contribution in [1.82, 2.24) is 15.2 Å². The molecule has 0 saturated carbocycles. The number of aromatic nitrogens is 1. The number of carbonyl (C=O) groups excluding carboxylic acids is 1. The lowest BCUT2D eigenvalue weighted by Gasteiger charge is -2.17. The average molecular weight is 329 g/mol. The molecule has 2 heterocycles. The number of nitrogens with one attached hydrogen (secondary N) is 1. The van der Waals surface area contributed by atoms with Crippen LogP contribution in [0.25, 0.3) is 0 Å². The molecule has 0 unspecified atom stereocenters. The Kier molecular flexibility index (Phi) is 5.08. The molecular weight excluding hydrogens is 306 g/mol. The van der Waals surface area contributed by atoms with Gasteiger partial charge in [0.05, 0.1) is 5.01 Å². The first kappa shape index (κ1) is 16.1. The summed E-state index contributed by atoms with van der Waals surface area (Å²) in [5, 5.41) is 5.78. The second-order valence-electron chi connectivity index (χ2n) is 6.28. The molecule has 1 aliphatic rings. The first-order valence-electron chi connectivity index (χ1n) is 8.09. The highest BCUT2D eigenvalue weighted by atomic mass is 32.1. The fourth-order valence-electron chi connectivity index (χ4n) is 3.05. The van der Waals surface area contributed by atoms with E-state index in [0.29, 0.717) is 11.6 Å². The molecule has 0 aliphatic carbocycles. The Morgan fingerprint density at radius 2 is 2.22 bits per heavy atom. The molecule has 23 heavy (non-hydrogen) atoms. The monoisotopic (exact) mass is 329 g/mol. The van der Waals surface area contributed by atoms with Crippen LogP contribution in [0.4, 0.5) is 0 Å². The zero-order valence-electron chi connectivity index (χ0n) is 13.7. The van der Waals surface area contributed by atoms with Gasteiger partial charge < -0.3 is 5.32 Å². The van der Waals surface area contributed by atoms with E-state index in [2.05, 4.69) is 46.4 Å². The molecule has 1 atom stereocenters. The van der Waals surface area contributed by atoms with Crippen molar-refractivity contribution < 1.29 is 4.79 Å². The maximum atomic E-state index is 12.1. The Balaban J connectivity index is 1.47. The summed E-state index contributed by atoms with van der Waals surface area (Å²) in [6.45, 7) is 7.97. The van der Waals surface area contributed by atoms with Gasteiger partial charge in [0, 0.05) is 25.0 Å². The Morgan fingerprint density at radius 3 is 2.96 bits per heavy atom. The van der Waals surface area contributed by atoms with Crippen LogP contribution in [0, 0.1) is 19.8 Å². The van der Waals surface area contributed by atoms with Crippen LogP contribution in [-0.2, 0) is 6.54 Å². The maximum Gasteiger partial charge on any atom is 0.270 e. The van der Waals surface area contributed by atoms with Crippen molar-refractivity contribution >= 4 is 17.2 Å². The van der Waals surface area contributed by atoms with E-state index in [0.717, 1.165) is 37.6 Å². The molecular formula is C18H23N3OS. The number of hydrogen-bond acceptors (Lipinski definition) is 4. The standard InChI is InChI=1S/C18H23N3OS/c1-13-5-3-4-6-16(13)11-21-8-7-15(10-21)9-19-18(22)17-12-23-14(2)20-17/h3-6,12,15H,7-11H2,1-2H3,(H,19,22)/t15-/m0/s1. The first-order valence-corrected chi connectivity index (χ1v) is 8.97. The van der Waals surface area contributed by atoms with Crippen molar-refractivity contribution in [2.24, 2.45) is 5.92 Å².